The minimum absolute atomic E-state index is 0.166. The number of rotatable bonds is 5. The number of halogens is 1. The van der Waals surface area contributed by atoms with Crippen LogP contribution in [0.1, 0.15) is 26.4 Å². The average molecular weight is 381 g/mol. The summed E-state index contributed by atoms with van der Waals surface area (Å²) in [5.74, 6) is -0.562. The van der Waals surface area contributed by atoms with E-state index < -0.39 is 11.9 Å². The quantitative estimate of drug-likeness (QED) is 0.317. The molecule has 0 spiro atoms. The van der Waals surface area contributed by atoms with Crippen molar-refractivity contribution in [1.82, 2.24) is 15.4 Å². The molecule has 0 atom stereocenters. The number of hydrogen-bond acceptors (Lipinski definition) is 6. The highest BCUT2D eigenvalue weighted by molar-refractivity contribution is 6.30. The molecule has 0 saturated heterocycles. The predicted molar refractivity (Wildman–Crippen MR) is 99.9 cm³/mol. The maximum Gasteiger partial charge on any atom is 0.343 e. The van der Waals surface area contributed by atoms with Crippen LogP contribution in [0.5, 0.6) is 5.75 Å². The molecule has 27 heavy (non-hydrogen) atoms. The van der Waals surface area contributed by atoms with Gasteiger partial charge in [0.2, 0.25) is 0 Å². The van der Waals surface area contributed by atoms with Crippen molar-refractivity contribution >= 4 is 29.7 Å². The molecule has 3 rings (SSSR count). The van der Waals surface area contributed by atoms with Crippen LogP contribution in [-0.4, -0.2) is 28.1 Å². The Morgan fingerprint density at radius 3 is 2.44 bits per heavy atom. The smallest absolute Gasteiger partial charge is 0.343 e. The van der Waals surface area contributed by atoms with E-state index in [1.165, 1.54) is 24.8 Å². The van der Waals surface area contributed by atoms with Gasteiger partial charge in [0.25, 0.3) is 5.91 Å². The minimum atomic E-state index is -0.482. The van der Waals surface area contributed by atoms with Crippen molar-refractivity contribution in [2.24, 2.45) is 5.10 Å². The largest absolute Gasteiger partial charge is 0.423 e. The van der Waals surface area contributed by atoms with E-state index >= 15 is 0 Å². The van der Waals surface area contributed by atoms with Crippen molar-refractivity contribution < 1.29 is 14.3 Å². The van der Waals surface area contributed by atoms with Crippen molar-refractivity contribution in [3.63, 3.8) is 0 Å². The lowest BCUT2D eigenvalue weighted by atomic mass is 10.2. The van der Waals surface area contributed by atoms with E-state index in [9.17, 15) is 9.59 Å². The molecule has 8 heteroatoms. The normalized spacial score (nSPS) is 10.6. The van der Waals surface area contributed by atoms with Crippen LogP contribution in [0.3, 0.4) is 0 Å². The third-order valence-corrected chi connectivity index (χ3v) is 3.60. The highest BCUT2D eigenvalue weighted by atomic mass is 35.5. The standard InChI is InChI=1S/C19H13ClN4O3/c20-15-5-3-14(4-6-15)19(26)27-16-7-1-13(2-8-16)11-23-24-18(25)17-12-21-9-10-22-17/h1-12H,(H,24,25)/b23-11+. The number of carbonyl (C=O) groups excluding carboxylic acids is 2. The molecule has 134 valence electrons. The molecule has 0 bridgehead atoms. The molecule has 1 aromatic heterocycles. The Bertz CT molecular complexity index is 959. The van der Waals surface area contributed by atoms with Crippen LogP contribution in [0.2, 0.25) is 5.02 Å². The molecule has 0 aliphatic heterocycles. The molecule has 1 amide bonds. The van der Waals surface area contributed by atoms with Crippen molar-refractivity contribution in [2.75, 3.05) is 0 Å². The summed E-state index contributed by atoms with van der Waals surface area (Å²) in [5, 5.41) is 4.39. The molecule has 0 fully saturated rings. The zero-order valence-electron chi connectivity index (χ0n) is 13.9. The van der Waals surface area contributed by atoms with E-state index in [2.05, 4.69) is 20.5 Å². The topological polar surface area (TPSA) is 93.5 Å². The second-order valence-electron chi connectivity index (χ2n) is 5.26. The van der Waals surface area contributed by atoms with Gasteiger partial charge in [-0.1, -0.05) is 11.6 Å². The van der Waals surface area contributed by atoms with Crippen molar-refractivity contribution in [2.45, 2.75) is 0 Å². The second-order valence-corrected chi connectivity index (χ2v) is 5.69. The maximum absolute atomic E-state index is 12.0. The molecule has 0 unspecified atom stereocenters. The van der Waals surface area contributed by atoms with Gasteiger partial charge in [0, 0.05) is 17.4 Å². The number of nitrogens with zero attached hydrogens (tertiary/aromatic N) is 3. The molecule has 0 saturated carbocycles. The fourth-order valence-electron chi connectivity index (χ4n) is 2.01. The monoisotopic (exact) mass is 380 g/mol. The first-order valence-corrected chi connectivity index (χ1v) is 8.17. The Labute approximate surface area is 159 Å². The van der Waals surface area contributed by atoms with E-state index in [-0.39, 0.29) is 5.69 Å². The van der Waals surface area contributed by atoms with Crippen LogP contribution >= 0.6 is 11.6 Å². The summed E-state index contributed by atoms with van der Waals surface area (Å²) in [6.07, 6.45) is 5.69. The number of hydrazone groups is 1. The SMILES string of the molecule is O=C(Oc1ccc(/C=N/NC(=O)c2cnccn2)cc1)c1ccc(Cl)cc1. The van der Waals surface area contributed by atoms with E-state index in [4.69, 9.17) is 16.3 Å². The van der Waals surface area contributed by atoms with Gasteiger partial charge in [0.15, 0.2) is 0 Å². The minimum Gasteiger partial charge on any atom is -0.423 e. The van der Waals surface area contributed by atoms with E-state index in [1.54, 1.807) is 48.5 Å². The average Bonchev–Trinajstić information content (AvgIpc) is 2.70. The molecule has 3 aromatic rings. The van der Waals surface area contributed by atoms with Gasteiger partial charge in [-0.15, -0.1) is 0 Å². The Hall–Kier alpha value is -3.58. The van der Waals surface area contributed by atoms with E-state index in [1.807, 2.05) is 0 Å². The third kappa shape index (κ3) is 5.20. The fraction of sp³-hybridized carbons (Fsp3) is 0. The van der Waals surface area contributed by atoms with Crippen molar-refractivity contribution in [3.8, 4) is 5.75 Å². The number of ether oxygens (including phenoxy) is 1. The first kappa shape index (κ1) is 18.2. The lowest BCUT2D eigenvalue weighted by Crippen LogP contribution is -2.19. The van der Waals surface area contributed by atoms with Gasteiger partial charge in [-0.3, -0.25) is 9.78 Å². The molecular formula is C19H13ClN4O3. The number of esters is 1. The lowest BCUT2D eigenvalue weighted by Gasteiger charge is -2.04. The van der Waals surface area contributed by atoms with Crippen molar-refractivity contribution in [3.05, 3.63) is 89.0 Å². The highest BCUT2D eigenvalue weighted by Gasteiger charge is 2.08. The molecule has 2 aromatic carbocycles. The fourth-order valence-corrected chi connectivity index (χ4v) is 2.14. The number of aromatic nitrogens is 2. The molecule has 1 heterocycles. The summed E-state index contributed by atoms with van der Waals surface area (Å²) in [7, 11) is 0. The first-order valence-electron chi connectivity index (χ1n) is 7.79. The molecule has 0 aliphatic carbocycles. The van der Waals surface area contributed by atoms with Crippen LogP contribution in [0.25, 0.3) is 0 Å². The third-order valence-electron chi connectivity index (χ3n) is 3.35. The lowest BCUT2D eigenvalue weighted by molar-refractivity contribution is 0.0734. The summed E-state index contributed by atoms with van der Waals surface area (Å²) in [6.45, 7) is 0. The van der Waals surface area contributed by atoms with Crippen LogP contribution in [0.15, 0.2) is 72.2 Å². The number of amides is 1. The van der Waals surface area contributed by atoms with E-state index in [0.29, 0.717) is 21.9 Å². The van der Waals surface area contributed by atoms with Crippen LogP contribution in [0, 0.1) is 0 Å². The summed E-state index contributed by atoms with van der Waals surface area (Å²) in [5.41, 5.74) is 3.63. The Kier molecular flexibility index (Phi) is 5.86. The van der Waals surface area contributed by atoms with Crippen LogP contribution in [0.4, 0.5) is 0 Å². The number of benzene rings is 2. The zero-order valence-corrected chi connectivity index (χ0v) is 14.6. The summed E-state index contributed by atoms with van der Waals surface area (Å²) in [6, 6.07) is 13.1. The van der Waals surface area contributed by atoms with Gasteiger partial charge in [0.05, 0.1) is 18.0 Å². The summed E-state index contributed by atoms with van der Waals surface area (Å²) >= 11 is 5.79. The van der Waals surface area contributed by atoms with Gasteiger partial charge >= 0.3 is 5.97 Å². The van der Waals surface area contributed by atoms with Crippen molar-refractivity contribution in [1.29, 1.82) is 0 Å². The second kappa shape index (κ2) is 8.68. The number of nitrogens with one attached hydrogen (secondary N) is 1. The molecule has 0 aliphatic rings. The number of carbonyl (C=O) groups is 2. The van der Waals surface area contributed by atoms with Gasteiger partial charge in [-0.05, 0) is 54.1 Å². The highest BCUT2D eigenvalue weighted by Crippen LogP contribution is 2.15. The summed E-state index contributed by atoms with van der Waals surface area (Å²) < 4.78 is 5.28. The van der Waals surface area contributed by atoms with Gasteiger partial charge in [-0.2, -0.15) is 5.10 Å². The van der Waals surface area contributed by atoms with E-state index in [0.717, 1.165) is 0 Å². The van der Waals surface area contributed by atoms with Gasteiger partial charge in [-0.25, -0.2) is 15.2 Å². The first-order chi connectivity index (χ1) is 13.1. The number of hydrogen-bond donors (Lipinski definition) is 1. The Morgan fingerprint density at radius 2 is 1.78 bits per heavy atom. The van der Waals surface area contributed by atoms with Crippen LogP contribution < -0.4 is 10.2 Å². The van der Waals surface area contributed by atoms with Gasteiger partial charge in [0.1, 0.15) is 11.4 Å². The van der Waals surface area contributed by atoms with Crippen LogP contribution in [-0.2, 0) is 0 Å². The maximum atomic E-state index is 12.0. The molecule has 1 N–H and O–H groups in total. The predicted octanol–water partition coefficient (Wildman–Crippen LogP) is 3.11. The molecular weight excluding hydrogens is 368 g/mol. The Balaban J connectivity index is 1.56. The van der Waals surface area contributed by atoms with Gasteiger partial charge < -0.3 is 4.74 Å². The molecule has 0 radical (unpaired) electrons. The molecule has 7 nitrogen and oxygen atoms in total. The zero-order chi connectivity index (χ0) is 19.1. The summed E-state index contributed by atoms with van der Waals surface area (Å²) in [4.78, 5) is 31.5. The Morgan fingerprint density at radius 1 is 1.04 bits per heavy atom.